The number of H-pyrrole nitrogens is 1. The van der Waals surface area contributed by atoms with Crippen LogP contribution in [0.3, 0.4) is 0 Å². The number of aromatic amines is 1. The van der Waals surface area contributed by atoms with Crippen molar-refractivity contribution < 1.29 is 10.2 Å². The fourth-order valence-electron chi connectivity index (χ4n) is 1.64. The number of aromatic nitrogens is 3. The molecule has 0 spiro atoms. The molecule has 2 aromatic heterocycles. The highest BCUT2D eigenvalue weighted by Gasteiger charge is 2.09. The van der Waals surface area contributed by atoms with Gasteiger partial charge >= 0.3 is 0 Å². The minimum atomic E-state index is -0.428. The maximum atomic E-state index is 11.5. The Kier molecular flexibility index (Phi) is 3.90. The van der Waals surface area contributed by atoms with Crippen LogP contribution in [-0.4, -0.2) is 31.6 Å². The quantitative estimate of drug-likeness (QED) is 0.714. The largest absolute Gasteiger partial charge is 0.505 e. The number of aliphatic hydroxyl groups excluding tert-OH is 1. The summed E-state index contributed by atoms with van der Waals surface area (Å²) in [5.41, 5.74) is 1.56. The van der Waals surface area contributed by atoms with Gasteiger partial charge in [0, 0.05) is 23.5 Å². The minimum Gasteiger partial charge on any atom is -0.505 e. The van der Waals surface area contributed by atoms with Crippen LogP contribution in [0.15, 0.2) is 22.1 Å². The van der Waals surface area contributed by atoms with Crippen LogP contribution in [0.1, 0.15) is 22.5 Å². The monoisotopic (exact) mass is 274 g/mol. The van der Waals surface area contributed by atoms with Crippen molar-refractivity contribution in [2.24, 2.45) is 4.99 Å². The Morgan fingerprint density at radius 1 is 1.45 bits per heavy atom. The summed E-state index contributed by atoms with van der Waals surface area (Å²) in [5.74, 6) is -0.0671. The van der Waals surface area contributed by atoms with Crippen molar-refractivity contribution in [1.29, 1.82) is 0 Å². The molecule has 104 valence electrons. The summed E-state index contributed by atoms with van der Waals surface area (Å²) >= 11 is 0. The summed E-state index contributed by atoms with van der Waals surface area (Å²) < 4.78 is 0. The number of rotatable bonds is 3. The molecule has 2 rings (SSSR count). The molecule has 0 aliphatic heterocycles. The lowest BCUT2D eigenvalue weighted by molar-refractivity contribution is 0.280. The highest BCUT2D eigenvalue weighted by molar-refractivity contribution is 5.87. The van der Waals surface area contributed by atoms with Gasteiger partial charge in [-0.2, -0.15) is 5.10 Å². The van der Waals surface area contributed by atoms with E-state index < -0.39 is 5.56 Å². The number of nitrogens with zero attached hydrogens (tertiary/aromatic N) is 3. The van der Waals surface area contributed by atoms with Crippen molar-refractivity contribution in [3.05, 3.63) is 45.1 Å². The lowest BCUT2D eigenvalue weighted by Gasteiger charge is -2.06. The predicted molar refractivity (Wildman–Crippen MR) is 73.4 cm³/mol. The lowest BCUT2D eigenvalue weighted by atomic mass is 10.1. The van der Waals surface area contributed by atoms with E-state index in [0.29, 0.717) is 22.5 Å². The Morgan fingerprint density at radius 2 is 2.20 bits per heavy atom. The van der Waals surface area contributed by atoms with Crippen LogP contribution in [0.25, 0.3) is 0 Å². The average molecular weight is 274 g/mol. The van der Waals surface area contributed by atoms with Crippen LogP contribution in [0.5, 0.6) is 5.75 Å². The summed E-state index contributed by atoms with van der Waals surface area (Å²) in [6.45, 7) is 3.08. The van der Waals surface area contributed by atoms with Crippen LogP contribution in [0.4, 0.5) is 5.69 Å². The number of aliphatic hydroxyl groups is 1. The van der Waals surface area contributed by atoms with Crippen LogP contribution in [0, 0.1) is 13.8 Å². The highest BCUT2D eigenvalue weighted by atomic mass is 16.3. The van der Waals surface area contributed by atoms with Gasteiger partial charge in [0.25, 0.3) is 5.56 Å². The Bertz CT molecular complexity index is 722. The molecule has 0 saturated heterocycles. The second kappa shape index (κ2) is 5.62. The van der Waals surface area contributed by atoms with E-state index in [0.717, 1.165) is 0 Å². The Balaban J connectivity index is 2.48. The van der Waals surface area contributed by atoms with Gasteiger partial charge in [-0.05, 0) is 19.9 Å². The topological polar surface area (TPSA) is 111 Å². The average Bonchev–Trinajstić information content (AvgIpc) is 2.44. The van der Waals surface area contributed by atoms with Crippen LogP contribution in [-0.2, 0) is 6.61 Å². The van der Waals surface area contributed by atoms with E-state index in [4.69, 9.17) is 0 Å². The van der Waals surface area contributed by atoms with Crippen molar-refractivity contribution in [2.75, 3.05) is 0 Å². The molecule has 2 heterocycles. The second-order valence-corrected chi connectivity index (χ2v) is 4.27. The van der Waals surface area contributed by atoms with E-state index in [-0.39, 0.29) is 18.0 Å². The molecule has 0 aliphatic rings. The van der Waals surface area contributed by atoms with Crippen LogP contribution >= 0.6 is 0 Å². The van der Waals surface area contributed by atoms with E-state index in [1.54, 1.807) is 13.8 Å². The number of hydrogen-bond acceptors (Lipinski definition) is 6. The Hall–Kier alpha value is -2.54. The fraction of sp³-hybridized carbons (Fsp3) is 0.231. The third-order valence-electron chi connectivity index (χ3n) is 2.77. The Labute approximate surface area is 114 Å². The summed E-state index contributed by atoms with van der Waals surface area (Å²) in [6, 6.07) is 1.53. The molecular weight excluding hydrogens is 260 g/mol. The third kappa shape index (κ3) is 2.72. The molecule has 0 atom stereocenters. The van der Waals surface area contributed by atoms with E-state index in [1.807, 2.05) is 0 Å². The number of nitrogens with one attached hydrogen (secondary N) is 1. The standard InChI is InChI=1S/C13H14N4O3/c1-7-3-11(13(20)17-16-7)15-5-10-9(6-18)4-14-8(2)12(10)19/h3-5,18-19H,6H2,1-2H3,(H,17,20). The number of pyridine rings is 1. The van der Waals surface area contributed by atoms with Gasteiger partial charge in [-0.3, -0.25) is 14.8 Å². The van der Waals surface area contributed by atoms with Crippen molar-refractivity contribution >= 4 is 11.9 Å². The molecule has 20 heavy (non-hydrogen) atoms. The zero-order valence-electron chi connectivity index (χ0n) is 11.1. The van der Waals surface area contributed by atoms with Gasteiger partial charge < -0.3 is 10.2 Å². The lowest BCUT2D eigenvalue weighted by Crippen LogP contribution is -2.08. The fourth-order valence-corrected chi connectivity index (χ4v) is 1.64. The summed E-state index contributed by atoms with van der Waals surface area (Å²) in [7, 11) is 0. The first kappa shape index (κ1) is 13.9. The van der Waals surface area contributed by atoms with Gasteiger partial charge in [0.2, 0.25) is 0 Å². The first-order valence-corrected chi connectivity index (χ1v) is 5.91. The molecule has 0 saturated carbocycles. The molecule has 0 fully saturated rings. The van der Waals surface area contributed by atoms with Gasteiger partial charge in [-0.1, -0.05) is 0 Å². The predicted octanol–water partition coefficient (Wildman–Crippen LogP) is 0.730. The zero-order valence-corrected chi connectivity index (χ0v) is 11.1. The smallest absolute Gasteiger partial charge is 0.290 e. The van der Waals surface area contributed by atoms with Gasteiger partial charge in [0.05, 0.1) is 18.0 Å². The SMILES string of the molecule is Cc1cc(N=Cc2c(CO)cnc(C)c2O)c(=O)[nH]n1. The molecule has 7 heteroatoms. The van der Waals surface area contributed by atoms with Crippen LogP contribution in [0.2, 0.25) is 0 Å². The van der Waals surface area contributed by atoms with E-state index >= 15 is 0 Å². The molecular formula is C13H14N4O3. The van der Waals surface area contributed by atoms with Gasteiger partial charge in [-0.25, -0.2) is 5.10 Å². The van der Waals surface area contributed by atoms with Gasteiger partial charge in [0.1, 0.15) is 11.4 Å². The van der Waals surface area contributed by atoms with E-state index in [9.17, 15) is 15.0 Å². The van der Waals surface area contributed by atoms with Crippen molar-refractivity contribution in [3.8, 4) is 5.75 Å². The van der Waals surface area contributed by atoms with Crippen molar-refractivity contribution in [1.82, 2.24) is 15.2 Å². The number of hydrogen-bond donors (Lipinski definition) is 3. The van der Waals surface area contributed by atoms with Crippen molar-refractivity contribution in [2.45, 2.75) is 20.5 Å². The molecule has 2 aromatic rings. The molecule has 7 nitrogen and oxygen atoms in total. The van der Waals surface area contributed by atoms with E-state index in [1.165, 1.54) is 18.5 Å². The molecule has 0 aromatic carbocycles. The maximum absolute atomic E-state index is 11.5. The maximum Gasteiger partial charge on any atom is 0.290 e. The number of aromatic hydroxyl groups is 1. The highest BCUT2D eigenvalue weighted by Crippen LogP contribution is 2.22. The van der Waals surface area contributed by atoms with E-state index in [2.05, 4.69) is 20.2 Å². The minimum absolute atomic E-state index is 0.0671. The summed E-state index contributed by atoms with van der Waals surface area (Å²) in [4.78, 5) is 19.5. The normalized spacial score (nSPS) is 11.2. The van der Waals surface area contributed by atoms with Gasteiger partial charge in [-0.15, -0.1) is 0 Å². The third-order valence-corrected chi connectivity index (χ3v) is 2.77. The molecule has 0 radical (unpaired) electrons. The van der Waals surface area contributed by atoms with Crippen LogP contribution < -0.4 is 5.56 Å². The first-order chi connectivity index (χ1) is 9.52. The Morgan fingerprint density at radius 3 is 2.90 bits per heavy atom. The molecule has 3 N–H and O–H groups in total. The summed E-state index contributed by atoms with van der Waals surface area (Å²) in [6.07, 6.45) is 2.79. The molecule has 0 amide bonds. The second-order valence-electron chi connectivity index (χ2n) is 4.27. The molecule has 0 aliphatic carbocycles. The van der Waals surface area contributed by atoms with Gasteiger partial charge in [0.15, 0.2) is 0 Å². The van der Waals surface area contributed by atoms with Crippen molar-refractivity contribution in [3.63, 3.8) is 0 Å². The molecule has 0 unspecified atom stereocenters. The summed E-state index contributed by atoms with van der Waals surface area (Å²) in [5, 5.41) is 25.3. The zero-order chi connectivity index (χ0) is 14.7. The number of aryl methyl sites for hydroxylation is 2. The molecule has 0 bridgehead atoms. The number of aliphatic imine (C=N–C) groups is 1. The first-order valence-electron chi connectivity index (χ1n) is 5.91.